The summed E-state index contributed by atoms with van der Waals surface area (Å²) in [5.41, 5.74) is 4.42. The molecule has 0 aliphatic rings. The molecule has 138 valence electrons. The van der Waals surface area contributed by atoms with Crippen molar-refractivity contribution in [3.8, 4) is 5.69 Å². The first-order chi connectivity index (χ1) is 11.7. The van der Waals surface area contributed by atoms with Crippen LogP contribution in [0, 0.1) is 13.8 Å². The first-order valence-corrected chi connectivity index (χ1v) is 8.79. The lowest BCUT2D eigenvalue weighted by molar-refractivity contribution is 0.729. The average Bonchev–Trinajstić information content (AvgIpc) is 2.91. The Morgan fingerprint density at radius 3 is 2.56 bits per heavy atom. The van der Waals surface area contributed by atoms with Gasteiger partial charge in [0, 0.05) is 18.8 Å². The fraction of sp³-hybridized carbons (Fsp3) is 0.474. The molecule has 25 heavy (non-hydrogen) atoms. The van der Waals surface area contributed by atoms with Crippen LogP contribution in [0.5, 0.6) is 0 Å². The molecule has 0 atom stereocenters. The molecule has 0 amide bonds. The van der Waals surface area contributed by atoms with Crippen molar-refractivity contribution in [2.24, 2.45) is 4.99 Å². The fourth-order valence-corrected chi connectivity index (χ4v) is 2.61. The minimum atomic E-state index is 0. The Labute approximate surface area is 168 Å². The molecule has 0 fully saturated rings. The number of hydrogen-bond acceptors (Lipinski definition) is 2. The average molecular weight is 455 g/mol. The molecule has 2 N–H and O–H groups in total. The summed E-state index contributed by atoms with van der Waals surface area (Å²) in [5, 5.41) is 11.3. The van der Waals surface area contributed by atoms with Crippen LogP contribution in [0.3, 0.4) is 0 Å². The normalized spacial score (nSPS) is 11.1. The van der Waals surface area contributed by atoms with Crippen molar-refractivity contribution in [3.63, 3.8) is 0 Å². The van der Waals surface area contributed by atoms with Gasteiger partial charge in [-0.1, -0.05) is 31.5 Å². The maximum absolute atomic E-state index is 4.73. The van der Waals surface area contributed by atoms with E-state index in [0.29, 0.717) is 6.54 Å². The molecule has 0 aliphatic carbocycles. The maximum atomic E-state index is 4.73. The zero-order valence-electron chi connectivity index (χ0n) is 15.7. The summed E-state index contributed by atoms with van der Waals surface area (Å²) in [6, 6.07) is 10.4. The zero-order chi connectivity index (χ0) is 17.4. The lowest BCUT2D eigenvalue weighted by Crippen LogP contribution is -2.37. The van der Waals surface area contributed by atoms with E-state index in [1.165, 1.54) is 6.42 Å². The van der Waals surface area contributed by atoms with Crippen molar-refractivity contribution in [2.75, 3.05) is 13.1 Å². The van der Waals surface area contributed by atoms with E-state index in [9.17, 15) is 0 Å². The minimum Gasteiger partial charge on any atom is -0.357 e. The molecule has 0 aliphatic heterocycles. The largest absolute Gasteiger partial charge is 0.357 e. The molecule has 1 aromatic heterocycles. The van der Waals surface area contributed by atoms with Gasteiger partial charge < -0.3 is 10.6 Å². The van der Waals surface area contributed by atoms with Gasteiger partial charge in [0.2, 0.25) is 0 Å². The highest BCUT2D eigenvalue weighted by atomic mass is 127. The second kappa shape index (κ2) is 11.1. The molecule has 6 heteroatoms. The monoisotopic (exact) mass is 455 g/mol. The van der Waals surface area contributed by atoms with Crippen LogP contribution >= 0.6 is 24.0 Å². The van der Waals surface area contributed by atoms with Crippen LogP contribution in [0.2, 0.25) is 0 Å². The van der Waals surface area contributed by atoms with Gasteiger partial charge >= 0.3 is 0 Å². The number of guanidine groups is 1. The van der Waals surface area contributed by atoms with Crippen LogP contribution in [0.1, 0.15) is 43.6 Å². The van der Waals surface area contributed by atoms with Crippen molar-refractivity contribution < 1.29 is 0 Å². The van der Waals surface area contributed by atoms with Crippen molar-refractivity contribution in [3.05, 3.63) is 47.3 Å². The number of aryl methyl sites for hydroxylation is 2. The number of aliphatic imine (C=N–C) groups is 1. The van der Waals surface area contributed by atoms with Crippen LogP contribution in [0.15, 0.2) is 35.3 Å². The SMILES string of the molecule is CCCCNC(=NCc1ccccc1-n1nc(C)cc1C)NCC.I. The Bertz CT molecular complexity index is 678. The third-order valence-corrected chi connectivity index (χ3v) is 3.80. The van der Waals surface area contributed by atoms with Crippen molar-refractivity contribution in [2.45, 2.75) is 47.1 Å². The molecular formula is C19H30IN5. The molecule has 2 rings (SSSR count). The van der Waals surface area contributed by atoms with Gasteiger partial charge in [0.25, 0.3) is 0 Å². The van der Waals surface area contributed by atoms with Crippen LogP contribution in [-0.2, 0) is 6.54 Å². The van der Waals surface area contributed by atoms with E-state index in [2.05, 4.69) is 60.8 Å². The van der Waals surface area contributed by atoms with E-state index in [1.807, 2.05) is 17.7 Å². The van der Waals surface area contributed by atoms with E-state index in [0.717, 1.165) is 48.1 Å². The van der Waals surface area contributed by atoms with Gasteiger partial charge in [-0.05, 0) is 44.9 Å². The first-order valence-electron chi connectivity index (χ1n) is 8.79. The summed E-state index contributed by atoms with van der Waals surface area (Å²) < 4.78 is 2.00. The predicted molar refractivity (Wildman–Crippen MR) is 116 cm³/mol. The highest BCUT2D eigenvalue weighted by molar-refractivity contribution is 14.0. The Hall–Kier alpha value is -1.57. The van der Waals surface area contributed by atoms with Gasteiger partial charge in [0.05, 0.1) is 17.9 Å². The molecular weight excluding hydrogens is 425 g/mol. The minimum absolute atomic E-state index is 0. The molecule has 0 saturated carbocycles. The second-order valence-electron chi connectivity index (χ2n) is 5.94. The van der Waals surface area contributed by atoms with Gasteiger partial charge in [-0.3, -0.25) is 0 Å². The first kappa shape index (κ1) is 21.5. The number of benzene rings is 1. The summed E-state index contributed by atoms with van der Waals surface area (Å²) in [7, 11) is 0. The number of hydrogen-bond donors (Lipinski definition) is 2. The van der Waals surface area contributed by atoms with Crippen LogP contribution < -0.4 is 10.6 Å². The van der Waals surface area contributed by atoms with Gasteiger partial charge in [-0.25, -0.2) is 9.67 Å². The molecule has 5 nitrogen and oxygen atoms in total. The summed E-state index contributed by atoms with van der Waals surface area (Å²) in [6.45, 7) is 10.8. The quantitative estimate of drug-likeness (QED) is 0.288. The van der Waals surface area contributed by atoms with Gasteiger partial charge in [-0.2, -0.15) is 5.10 Å². The number of nitrogens with zero attached hydrogens (tertiary/aromatic N) is 3. The van der Waals surface area contributed by atoms with Crippen molar-refractivity contribution in [1.82, 2.24) is 20.4 Å². The lowest BCUT2D eigenvalue weighted by atomic mass is 10.2. The Morgan fingerprint density at radius 1 is 1.16 bits per heavy atom. The van der Waals surface area contributed by atoms with Crippen LogP contribution in [-0.4, -0.2) is 28.8 Å². The number of unbranched alkanes of at least 4 members (excludes halogenated alkanes) is 1. The Kier molecular flexibility index (Phi) is 9.55. The standard InChI is InChI=1S/C19H29N5.HI/c1-5-7-12-21-19(20-6-2)22-14-17-10-8-9-11-18(17)24-16(4)13-15(3)23-24;/h8-11,13H,5-7,12,14H2,1-4H3,(H2,20,21,22);1H. The molecule has 0 unspecified atom stereocenters. The van der Waals surface area contributed by atoms with E-state index >= 15 is 0 Å². The topological polar surface area (TPSA) is 54.2 Å². The van der Waals surface area contributed by atoms with E-state index in [4.69, 9.17) is 4.99 Å². The zero-order valence-corrected chi connectivity index (χ0v) is 18.0. The van der Waals surface area contributed by atoms with Gasteiger partial charge in [0.15, 0.2) is 5.96 Å². The third kappa shape index (κ3) is 6.34. The molecule has 1 aromatic carbocycles. The van der Waals surface area contributed by atoms with Crippen molar-refractivity contribution in [1.29, 1.82) is 0 Å². The number of para-hydroxylation sites is 1. The summed E-state index contributed by atoms with van der Waals surface area (Å²) in [6.07, 6.45) is 2.32. The van der Waals surface area contributed by atoms with Gasteiger partial charge in [-0.15, -0.1) is 24.0 Å². The smallest absolute Gasteiger partial charge is 0.191 e. The van der Waals surface area contributed by atoms with Crippen molar-refractivity contribution >= 4 is 29.9 Å². The highest BCUT2D eigenvalue weighted by Crippen LogP contribution is 2.17. The van der Waals surface area contributed by atoms with E-state index in [-0.39, 0.29) is 24.0 Å². The molecule has 2 aromatic rings. The molecule has 0 spiro atoms. The fourth-order valence-electron chi connectivity index (χ4n) is 2.61. The van der Waals surface area contributed by atoms with Crippen LogP contribution in [0.25, 0.3) is 5.69 Å². The Balaban J connectivity index is 0.00000312. The number of halogens is 1. The Morgan fingerprint density at radius 2 is 1.92 bits per heavy atom. The van der Waals surface area contributed by atoms with E-state index in [1.54, 1.807) is 0 Å². The second-order valence-corrected chi connectivity index (χ2v) is 5.94. The van der Waals surface area contributed by atoms with Gasteiger partial charge in [0.1, 0.15) is 0 Å². The highest BCUT2D eigenvalue weighted by Gasteiger charge is 2.08. The van der Waals surface area contributed by atoms with E-state index < -0.39 is 0 Å². The molecule has 0 saturated heterocycles. The van der Waals surface area contributed by atoms with Crippen LogP contribution in [0.4, 0.5) is 0 Å². The number of aromatic nitrogens is 2. The third-order valence-electron chi connectivity index (χ3n) is 3.80. The predicted octanol–water partition coefficient (Wildman–Crippen LogP) is 3.96. The molecule has 0 radical (unpaired) electrons. The number of nitrogens with one attached hydrogen (secondary N) is 2. The molecule has 1 heterocycles. The summed E-state index contributed by atoms with van der Waals surface area (Å²) in [5.74, 6) is 0.870. The summed E-state index contributed by atoms with van der Waals surface area (Å²) in [4.78, 5) is 4.73. The number of rotatable bonds is 7. The lowest BCUT2D eigenvalue weighted by Gasteiger charge is -2.13. The maximum Gasteiger partial charge on any atom is 0.191 e. The summed E-state index contributed by atoms with van der Waals surface area (Å²) >= 11 is 0. The molecule has 0 bridgehead atoms.